The van der Waals surface area contributed by atoms with E-state index in [1.165, 1.54) is 36.4 Å². The van der Waals surface area contributed by atoms with Crippen LogP contribution in [0.1, 0.15) is 27.3 Å². The van der Waals surface area contributed by atoms with Gasteiger partial charge in [-0.15, -0.1) is 0 Å². The van der Waals surface area contributed by atoms with E-state index in [0.29, 0.717) is 11.4 Å². The maximum absolute atomic E-state index is 12.8. The molecule has 1 fully saturated rings. The Bertz CT molecular complexity index is 776. The van der Waals surface area contributed by atoms with Crippen molar-refractivity contribution in [1.29, 1.82) is 0 Å². The molecular formula is C16H12F2N2O4. The molecule has 0 aliphatic heterocycles. The second-order valence-electron chi connectivity index (χ2n) is 5.29. The fourth-order valence-corrected chi connectivity index (χ4v) is 1.95. The van der Waals surface area contributed by atoms with E-state index >= 15 is 0 Å². The number of rotatable bonds is 5. The van der Waals surface area contributed by atoms with Gasteiger partial charge in [0.2, 0.25) is 0 Å². The number of nitrogens with one attached hydrogen (secondary N) is 1. The van der Waals surface area contributed by atoms with Crippen molar-refractivity contribution in [1.82, 2.24) is 4.98 Å². The summed E-state index contributed by atoms with van der Waals surface area (Å²) in [6, 6.07) is 8.55. The Labute approximate surface area is 135 Å². The Kier molecular flexibility index (Phi) is 3.88. The van der Waals surface area contributed by atoms with Gasteiger partial charge in [0, 0.05) is 11.9 Å². The number of anilines is 1. The third kappa shape index (κ3) is 3.48. The summed E-state index contributed by atoms with van der Waals surface area (Å²) in [6.45, 7) is 0. The van der Waals surface area contributed by atoms with E-state index in [1.54, 1.807) is 0 Å². The zero-order valence-corrected chi connectivity index (χ0v) is 12.2. The minimum Gasteiger partial charge on any atom is -0.484 e. The maximum atomic E-state index is 12.8. The first-order valence-corrected chi connectivity index (χ1v) is 7.00. The highest BCUT2D eigenvalue weighted by molar-refractivity contribution is 6.03. The Balaban J connectivity index is 1.61. The third-order valence-electron chi connectivity index (χ3n) is 3.40. The van der Waals surface area contributed by atoms with Crippen LogP contribution >= 0.6 is 0 Å². The molecule has 1 aliphatic rings. The van der Waals surface area contributed by atoms with E-state index < -0.39 is 23.9 Å². The van der Waals surface area contributed by atoms with Gasteiger partial charge in [-0.25, -0.2) is 13.6 Å². The van der Waals surface area contributed by atoms with Gasteiger partial charge in [-0.2, -0.15) is 0 Å². The van der Waals surface area contributed by atoms with Gasteiger partial charge in [-0.1, -0.05) is 0 Å². The van der Waals surface area contributed by atoms with Gasteiger partial charge in [0.15, 0.2) is 6.10 Å². The molecule has 0 bridgehead atoms. The third-order valence-corrected chi connectivity index (χ3v) is 3.40. The predicted octanol–water partition coefficient (Wildman–Crippen LogP) is 2.82. The quantitative estimate of drug-likeness (QED) is 0.878. The maximum Gasteiger partial charge on any atom is 0.337 e. The molecule has 3 rings (SSSR count). The molecule has 24 heavy (non-hydrogen) atoms. The lowest BCUT2D eigenvalue weighted by molar-refractivity contribution is 0.0664. The number of amides is 1. The zero-order chi connectivity index (χ0) is 17.3. The summed E-state index contributed by atoms with van der Waals surface area (Å²) in [6.07, 6.45) is -0.289. The summed E-state index contributed by atoms with van der Waals surface area (Å²) in [4.78, 5) is 26.5. The number of carboxylic acids is 1. The number of nitrogens with zero attached hydrogens (tertiary/aromatic N) is 1. The van der Waals surface area contributed by atoms with E-state index in [2.05, 4.69) is 10.3 Å². The van der Waals surface area contributed by atoms with Crippen LogP contribution in [0.25, 0.3) is 0 Å². The van der Waals surface area contributed by atoms with E-state index in [4.69, 9.17) is 9.84 Å². The van der Waals surface area contributed by atoms with Crippen molar-refractivity contribution in [3.63, 3.8) is 0 Å². The number of aromatic nitrogens is 1. The molecule has 2 aromatic rings. The monoisotopic (exact) mass is 334 g/mol. The molecule has 6 nitrogen and oxygen atoms in total. The summed E-state index contributed by atoms with van der Waals surface area (Å²) < 4.78 is 30.6. The number of alkyl halides is 2. The second-order valence-corrected chi connectivity index (χ2v) is 5.29. The fourth-order valence-electron chi connectivity index (χ4n) is 1.95. The second kappa shape index (κ2) is 5.88. The highest BCUT2D eigenvalue weighted by atomic mass is 19.3. The molecule has 124 valence electrons. The van der Waals surface area contributed by atoms with Crippen LogP contribution in [0.2, 0.25) is 0 Å². The number of hydrogen-bond acceptors (Lipinski definition) is 4. The van der Waals surface area contributed by atoms with Gasteiger partial charge in [-0.05, 0) is 36.4 Å². The first-order valence-electron chi connectivity index (χ1n) is 7.00. The number of pyridine rings is 1. The van der Waals surface area contributed by atoms with E-state index in [0.717, 1.165) is 6.20 Å². The minimum absolute atomic E-state index is 0.0232. The summed E-state index contributed by atoms with van der Waals surface area (Å²) in [5, 5.41) is 11.3. The zero-order valence-electron chi connectivity index (χ0n) is 12.2. The van der Waals surface area contributed by atoms with Crippen molar-refractivity contribution in [3.05, 3.63) is 53.9 Å². The summed E-state index contributed by atoms with van der Waals surface area (Å²) >= 11 is 0. The molecule has 2 N–H and O–H groups in total. The van der Waals surface area contributed by atoms with Crippen molar-refractivity contribution in [2.45, 2.75) is 18.4 Å². The highest BCUT2D eigenvalue weighted by Gasteiger charge is 2.59. The molecule has 0 saturated heterocycles. The average molecular weight is 334 g/mol. The standard InChI is InChI=1S/C16H12F2N2O4/c17-16(18)7-13(16)24-11-4-2-10(3-5-11)20-14(21)12-6-1-9(8-19-12)15(22)23/h1-6,8,13H,7H2,(H,20,21)(H,22,23). The lowest BCUT2D eigenvalue weighted by Gasteiger charge is -2.08. The lowest BCUT2D eigenvalue weighted by atomic mass is 10.2. The summed E-state index contributed by atoms with van der Waals surface area (Å²) in [7, 11) is 0. The number of carboxylic acid groups (broad SMARTS) is 1. The van der Waals surface area contributed by atoms with Crippen molar-refractivity contribution in [2.75, 3.05) is 5.32 Å². The molecule has 1 aromatic heterocycles. The van der Waals surface area contributed by atoms with E-state index in [1.807, 2.05) is 0 Å². The molecule has 0 radical (unpaired) electrons. The molecular weight excluding hydrogens is 322 g/mol. The largest absolute Gasteiger partial charge is 0.484 e. The number of carbonyl (C=O) groups is 2. The van der Waals surface area contributed by atoms with Crippen LogP contribution in [0.4, 0.5) is 14.5 Å². The van der Waals surface area contributed by atoms with Crippen molar-refractivity contribution < 1.29 is 28.2 Å². The van der Waals surface area contributed by atoms with Crippen LogP contribution in [-0.4, -0.2) is 34.0 Å². The van der Waals surface area contributed by atoms with Crippen molar-refractivity contribution >= 4 is 17.6 Å². The minimum atomic E-state index is -2.76. The molecule has 1 atom stereocenters. The first-order chi connectivity index (χ1) is 11.3. The first kappa shape index (κ1) is 15.9. The number of aromatic carboxylic acids is 1. The van der Waals surface area contributed by atoms with Gasteiger partial charge in [0.25, 0.3) is 11.8 Å². The van der Waals surface area contributed by atoms with Gasteiger partial charge in [0.05, 0.1) is 12.0 Å². The molecule has 1 aliphatic carbocycles. The SMILES string of the molecule is O=C(O)c1ccc(C(=O)Nc2ccc(OC3CC3(F)F)cc2)nc1. The van der Waals surface area contributed by atoms with Gasteiger partial charge < -0.3 is 15.2 Å². The highest BCUT2D eigenvalue weighted by Crippen LogP contribution is 2.44. The Morgan fingerprint density at radius 1 is 1.21 bits per heavy atom. The summed E-state index contributed by atoms with van der Waals surface area (Å²) in [5.41, 5.74) is 0.460. The van der Waals surface area contributed by atoms with E-state index in [9.17, 15) is 18.4 Å². The molecule has 0 spiro atoms. The van der Waals surface area contributed by atoms with Crippen LogP contribution in [-0.2, 0) is 0 Å². The van der Waals surface area contributed by atoms with Crippen LogP contribution in [0, 0.1) is 0 Å². The number of hydrogen-bond donors (Lipinski definition) is 2. The number of halogens is 2. The number of ether oxygens (including phenoxy) is 1. The van der Waals surface area contributed by atoms with Gasteiger partial charge in [0.1, 0.15) is 11.4 Å². The topological polar surface area (TPSA) is 88.5 Å². The smallest absolute Gasteiger partial charge is 0.337 e. The predicted molar refractivity (Wildman–Crippen MR) is 79.6 cm³/mol. The number of benzene rings is 1. The summed E-state index contributed by atoms with van der Waals surface area (Å²) in [5.74, 6) is -4.12. The van der Waals surface area contributed by atoms with Crippen LogP contribution in [0.15, 0.2) is 42.6 Å². The Hall–Kier alpha value is -3.03. The molecule has 1 aromatic carbocycles. The lowest BCUT2D eigenvalue weighted by Crippen LogP contribution is -2.14. The molecule has 8 heteroatoms. The number of carbonyl (C=O) groups excluding carboxylic acids is 1. The van der Waals surface area contributed by atoms with Crippen LogP contribution in [0.5, 0.6) is 5.75 Å². The normalized spacial score (nSPS) is 17.8. The van der Waals surface area contributed by atoms with E-state index in [-0.39, 0.29) is 17.7 Å². The van der Waals surface area contributed by atoms with Gasteiger partial charge in [-0.3, -0.25) is 9.78 Å². The fraction of sp³-hybridized carbons (Fsp3) is 0.188. The molecule has 1 heterocycles. The van der Waals surface area contributed by atoms with Crippen molar-refractivity contribution in [2.24, 2.45) is 0 Å². The molecule has 1 amide bonds. The average Bonchev–Trinajstić information content (AvgIpc) is 3.15. The Morgan fingerprint density at radius 3 is 2.38 bits per heavy atom. The molecule has 1 saturated carbocycles. The Morgan fingerprint density at radius 2 is 1.88 bits per heavy atom. The van der Waals surface area contributed by atoms with Crippen LogP contribution < -0.4 is 10.1 Å². The van der Waals surface area contributed by atoms with Gasteiger partial charge >= 0.3 is 5.97 Å². The van der Waals surface area contributed by atoms with Crippen molar-refractivity contribution in [3.8, 4) is 5.75 Å². The molecule has 1 unspecified atom stereocenters. The van der Waals surface area contributed by atoms with Crippen LogP contribution in [0.3, 0.4) is 0 Å².